The van der Waals surface area contributed by atoms with E-state index in [2.05, 4.69) is 32.3 Å². The third-order valence-electron chi connectivity index (χ3n) is 3.31. The molecular weight excluding hydrogens is 158 g/mol. The SMILES string of the molecule is CCC(CC)C(NC)C1=CCCC1. The van der Waals surface area contributed by atoms with Gasteiger partial charge >= 0.3 is 0 Å². The van der Waals surface area contributed by atoms with Gasteiger partial charge in [0, 0.05) is 6.04 Å². The fraction of sp³-hybridized carbons (Fsp3) is 0.833. The molecule has 0 aromatic rings. The van der Waals surface area contributed by atoms with Crippen LogP contribution in [0.3, 0.4) is 0 Å². The van der Waals surface area contributed by atoms with Crippen LogP contribution >= 0.6 is 0 Å². The molecule has 76 valence electrons. The summed E-state index contributed by atoms with van der Waals surface area (Å²) in [7, 11) is 2.10. The molecule has 1 rings (SSSR count). The molecule has 0 aliphatic heterocycles. The number of likely N-dealkylation sites (N-methyl/N-ethyl adjacent to an activating group) is 1. The van der Waals surface area contributed by atoms with Crippen LogP contribution in [0.5, 0.6) is 0 Å². The molecule has 0 heterocycles. The number of hydrogen-bond acceptors (Lipinski definition) is 1. The van der Waals surface area contributed by atoms with Gasteiger partial charge < -0.3 is 5.32 Å². The van der Waals surface area contributed by atoms with Gasteiger partial charge in [0.15, 0.2) is 0 Å². The van der Waals surface area contributed by atoms with Crippen molar-refractivity contribution in [3.8, 4) is 0 Å². The van der Waals surface area contributed by atoms with E-state index in [-0.39, 0.29) is 0 Å². The van der Waals surface area contributed by atoms with Gasteiger partial charge in [-0.05, 0) is 32.2 Å². The highest BCUT2D eigenvalue weighted by Gasteiger charge is 2.21. The van der Waals surface area contributed by atoms with E-state index in [0.29, 0.717) is 6.04 Å². The lowest BCUT2D eigenvalue weighted by molar-refractivity contribution is 0.384. The Balaban J connectivity index is 2.59. The Kier molecular flexibility index (Phi) is 4.51. The number of rotatable bonds is 5. The van der Waals surface area contributed by atoms with Crippen LogP contribution in [0.2, 0.25) is 0 Å². The largest absolute Gasteiger partial charge is 0.313 e. The normalized spacial score (nSPS) is 19.2. The van der Waals surface area contributed by atoms with Crippen molar-refractivity contribution < 1.29 is 0 Å². The summed E-state index contributed by atoms with van der Waals surface area (Å²) in [4.78, 5) is 0. The summed E-state index contributed by atoms with van der Waals surface area (Å²) in [5.74, 6) is 0.828. The molecule has 1 heteroatoms. The van der Waals surface area contributed by atoms with Gasteiger partial charge in [-0.1, -0.05) is 38.3 Å². The van der Waals surface area contributed by atoms with Gasteiger partial charge in [0.05, 0.1) is 0 Å². The van der Waals surface area contributed by atoms with Crippen molar-refractivity contribution >= 4 is 0 Å². The van der Waals surface area contributed by atoms with E-state index in [0.717, 1.165) is 5.92 Å². The van der Waals surface area contributed by atoms with Gasteiger partial charge in [0.1, 0.15) is 0 Å². The predicted molar refractivity (Wildman–Crippen MR) is 58.9 cm³/mol. The molecule has 0 amide bonds. The van der Waals surface area contributed by atoms with Crippen LogP contribution < -0.4 is 5.32 Å². The molecule has 0 aromatic carbocycles. The Bertz CT molecular complexity index is 168. The average Bonchev–Trinajstić information content (AvgIpc) is 2.66. The molecule has 13 heavy (non-hydrogen) atoms. The maximum absolute atomic E-state index is 3.48. The van der Waals surface area contributed by atoms with Gasteiger partial charge in [0.25, 0.3) is 0 Å². The minimum absolute atomic E-state index is 0.650. The van der Waals surface area contributed by atoms with Crippen LogP contribution in [-0.4, -0.2) is 13.1 Å². The van der Waals surface area contributed by atoms with E-state index in [1.165, 1.54) is 32.1 Å². The van der Waals surface area contributed by atoms with Crippen molar-refractivity contribution in [2.24, 2.45) is 5.92 Å². The van der Waals surface area contributed by atoms with Gasteiger partial charge in [-0.2, -0.15) is 0 Å². The molecule has 0 bridgehead atoms. The van der Waals surface area contributed by atoms with E-state index >= 15 is 0 Å². The summed E-state index contributed by atoms with van der Waals surface area (Å²) in [6.45, 7) is 4.60. The second-order valence-electron chi connectivity index (χ2n) is 4.01. The second-order valence-corrected chi connectivity index (χ2v) is 4.01. The van der Waals surface area contributed by atoms with Crippen LogP contribution in [-0.2, 0) is 0 Å². The Morgan fingerprint density at radius 2 is 2.08 bits per heavy atom. The van der Waals surface area contributed by atoms with E-state index in [1.54, 1.807) is 5.57 Å². The minimum atomic E-state index is 0.650. The molecule has 1 aliphatic carbocycles. The van der Waals surface area contributed by atoms with Crippen molar-refractivity contribution in [3.63, 3.8) is 0 Å². The fourth-order valence-electron chi connectivity index (χ4n) is 2.46. The summed E-state index contributed by atoms with van der Waals surface area (Å²) >= 11 is 0. The lowest BCUT2D eigenvalue weighted by Gasteiger charge is -2.26. The number of hydrogen-bond donors (Lipinski definition) is 1. The zero-order chi connectivity index (χ0) is 9.68. The smallest absolute Gasteiger partial charge is 0.0304 e. The van der Waals surface area contributed by atoms with Crippen LogP contribution in [0.25, 0.3) is 0 Å². The van der Waals surface area contributed by atoms with Crippen molar-refractivity contribution in [2.45, 2.75) is 52.0 Å². The first-order chi connectivity index (χ1) is 6.33. The fourth-order valence-corrected chi connectivity index (χ4v) is 2.46. The molecule has 0 saturated carbocycles. The van der Waals surface area contributed by atoms with Gasteiger partial charge in [-0.25, -0.2) is 0 Å². The topological polar surface area (TPSA) is 12.0 Å². The molecule has 1 atom stereocenters. The Morgan fingerprint density at radius 1 is 1.38 bits per heavy atom. The minimum Gasteiger partial charge on any atom is -0.313 e. The first kappa shape index (κ1) is 10.8. The van der Waals surface area contributed by atoms with Crippen molar-refractivity contribution in [1.29, 1.82) is 0 Å². The lowest BCUT2D eigenvalue weighted by Crippen LogP contribution is -2.34. The van der Waals surface area contributed by atoms with Crippen molar-refractivity contribution in [1.82, 2.24) is 5.32 Å². The lowest BCUT2D eigenvalue weighted by atomic mass is 9.88. The van der Waals surface area contributed by atoms with Gasteiger partial charge in [-0.15, -0.1) is 0 Å². The molecular formula is C12H23N. The van der Waals surface area contributed by atoms with E-state index < -0.39 is 0 Å². The Hall–Kier alpha value is -0.300. The van der Waals surface area contributed by atoms with Crippen molar-refractivity contribution in [3.05, 3.63) is 11.6 Å². The molecule has 0 radical (unpaired) electrons. The second kappa shape index (κ2) is 5.43. The highest BCUT2D eigenvalue weighted by atomic mass is 14.9. The van der Waals surface area contributed by atoms with Gasteiger partial charge in [0.2, 0.25) is 0 Å². The molecule has 0 aromatic heterocycles. The van der Waals surface area contributed by atoms with E-state index in [4.69, 9.17) is 0 Å². The molecule has 1 N–H and O–H groups in total. The zero-order valence-corrected chi connectivity index (χ0v) is 9.27. The summed E-state index contributed by atoms with van der Waals surface area (Å²) in [5, 5.41) is 3.48. The molecule has 1 unspecified atom stereocenters. The Morgan fingerprint density at radius 3 is 2.46 bits per heavy atom. The number of allylic oxidation sites excluding steroid dienone is 1. The highest BCUT2D eigenvalue weighted by molar-refractivity contribution is 5.16. The summed E-state index contributed by atoms with van der Waals surface area (Å²) < 4.78 is 0. The van der Waals surface area contributed by atoms with Gasteiger partial charge in [-0.3, -0.25) is 0 Å². The van der Waals surface area contributed by atoms with Crippen LogP contribution in [0.1, 0.15) is 46.0 Å². The third kappa shape index (κ3) is 2.57. The van der Waals surface area contributed by atoms with Crippen LogP contribution in [0, 0.1) is 5.92 Å². The summed E-state index contributed by atoms with van der Waals surface area (Å²) in [6, 6.07) is 0.650. The quantitative estimate of drug-likeness (QED) is 0.643. The summed E-state index contributed by atoms with van der Waals surface area (Å²) in [5.41, 5.74) is 1.66. The standard InChI is InChI=1S/C12H23N/c1-4-10(5-2)12(13-3)11-8-6-7-9-11/h8,10,12-13H,4-7,9H2,1-3H3. The molecule has 0 saturated heterocycles. The van der Waals surface area contributed by atoms with E-state index in [1.807, 2.05) is 0 Å². The Labute approximate surface area is 82.6 Å². The monoisotopic (exact) mass is 181 g/mol. The maximum atomic E-state index is 3.48. The first-order valence-electron chi connectivity index (χ1n) is 5.69. The zero-order valence-electron chi connectivity index (χ0n) is 9.27. The maximum Gasteiger partial charge on any atom is 0.0304 e. The molecule has 0 spiro atoms. The highest BCUT2D eigenvalue weighted by Crippen LogP contribution is 2.27. The van der Waals surface area contributed by atoms with E-state index in [9.17, 15) is 0 Å². The summed E-state index contributed by atoms with van der Waals surface area (Å²) in [6.07, 6.45) is 9.02. The molecule has 1 nitrogen and oxygen atoms in total. The number of nitrogens with one attached hydrogen (secondary N) is 1. The average molecular weight is 181 g/mol. The molecule has 1 aliphatic rings. The third-order valence-corrected chi connectivity index (χ3v) is 3.31. The van der Waals surface area contributed by atoms with Crippen molar-refractivity contribution in [2.75, 3.05) is 7.05 Å². The first-order valence-corrected chi connectivity index (χ1v) is 5.69. The molecule has 0 fully saturated rings. The van der Waals surface area contributed by atoms with Crippen LogP contribution in [0.4, 0.5) is 0 Å². The van der Waals surface area contributed by atoms with Crippen LogP contribution in [0.15, 0.2) is 11.6 Å². The predicted octanol–water partition coefficient (Wildman–Crippen LogP) is 3.12.